The van der Waals surface area contributed by atoms with Gasteiger partial charge in [0.2, 0.25) is 0 Å². The van der Waals surface area contributed by atoms with E-state index in [9.17, 15) is 0 Å². The number of hydrogen-bond donors (Lipinski definition) is 1. The summed E-state index contributed by atoms with van der Waals surface area (Å²) in [4.78, 5) is 1.22. The Morgan fingerprint density at radius 1 is 1.20 bits per heavy atom. The van der Waals surface area contributed by atoms with E-state index >= 15 is 0 Å². The number of rotatable bonds is 7. The smallest absolute Gasteiger partial charge is 0.157 e. The molecule has 0 amide bonds. The normalized spacial score (nSPS) is 11.4. The number of aromatic nitrogens is 2. The molecule has 106 valence electrons. The van der Waals surface area contributed by atoms with Gasteiger partial charge in [0, 0.05) is 36.0 Å². The molecule has 0 unspecified atom stereocenters. The van der Waals surface area contributed by atoms with E-state index in [4.69, 9.17) is 4.74 Å². The number of thiophene rings is 2. The van der Waals surface area contributed by atoms with Crippen LogP contribution in [0.15, 0.2) is 17.5 Å². The highest BCUT2D eigenvalue weighted by atomic mass is 32.1. The van der Waals surface area contributed by atoms with E-state index in [0.29, 0.717) is 0 Å². The molecule has 0 aliphatic carbocycles. The molecule has 20 heavy (non-hydrogen) atoms. The van der Waals surface area contributed by atoms with Crippen LogP contribution >= 0.6 is 34.0 Å². The molecule has 0 aliphatic rings. The summed E-state index contributed by atoms with van der Waals surface area (Å²) in [7, 11) is 1.71. The van der Waals surface area contributed by atoms with Gasteiger partial charge in [0.05, 0.1) is 11.5 Å². The van der Waals surface area contributed by atoms with Gasteiger partial charge in [-0.1, -0.05) is 11.3 Å². The highest BCUT2D eigenvalue weighted by molar-refractivity contribution is 7.30. The molecule has 7 heteroatoms. The Morgan fingerprint density at radius 3 is 3.00 bits per heavy atom. The van der Waals surface area contributed by atoms with Crippen LogP contribution in [0.1, 0.15) is 5.01 Å². The third-order valence-corrected chi connectivity index (χ3v) is 6.06. The van der Waals surface area contributed by atoms with E-state index in [-0.39, 0.29) is 0 Å². The number of hydrogen-bond acceptors (Lipinski definition) is 7. The molecule has 0 radical (unpaired) electrons. The molecule has 0 fully saturated rings. The Balaban J connectivity index is 1.60. The van der Waals surface area contributed by atoms with Crippen LogP contribution < -0.4 is 5.32 Å². The predicted molar refractivity (Wildman–Crippen MR) is 87.1 cm³/mol. The zero-order valence-electron chi connectivity index (χ0n) is 11.1. The number of ether oxygens (including phenoxy) is 1. The van der Waals surface area contributed by atoms with Crippen LogP contribution in [0.25, 0.3) is 19.3 Å². The summed E-state index contributed by atoms with van der Waals surface area (Å²) < 4.78 is 7.66. The van der Waals surface area contributed by atoms with E-state index in [1.165, 1.54) is 14.3 Å². The number of nitrogens with one attached hydrogen (secondary N) is 1. The Morgan fingerprint density at radius 2 is 2.15 bits per heavy atom. The molecule has 0 aromatic carbocycles. The molecular weight excluding hydrogens is 310 g/mol. The number of fused-ring (bicyclic) bond motifs is 1. The summed E-state index contributed by atoms with van der Waals surface area (Å²) in [5, 5.41) is 16.1. The second-order valence-electron chi connectivity index (χ2n) is 4.25. The fourth-order valence-corrected chi connectivity index (χ4v) is 4.81. The van der Waals surface area contributed by atoms with Crippen molar-refractivity contribution >= 4 is 43.4 Å². The fourth-order valence-electron chi connectivity index (χ4n) is 1.82. The van der Waals surface area contributed by atoms with Crippen LogP contribution in [-0.2, 0) is 11.2 Å². The van der Waals surface area contributed by atoms with E-state index in [2.05, 4.69) is 33.0 Å². The van der Waals surface area contributed by atoms with Crippen molar-refractivity contribution in [3.8, 4) is 9.88 Å². The van der Waals surface area contributed by atoms with Crippen molar-refractivity contribution in [2.45, 2.75) is 6.42 Å². The lowest BCUT2D eigenvalue weighted by atomic mass is 10.4. The first kappa shape index (κ1) is 14.1. The quantitative estimate of drug-likeness (QED) is 0.677. The third-order valence-electron chi connectivity index (χ3n) is 2.82. The van der Waals surface area contributed by atoms with Crippen molar-refractivity contribution in [3.63, 3.8) is 0 Å². The van der Waals surface area contributed by atoms with Gasteiger partial charge in [0.1, 0.15) is 5.01 Å². The summed E-state index contributed by atoms with van der Waals surface area (Å²) in [5.41, 5.74) is 0. The van der Waals surface area contributed by atoms with Gasteiger partial charge in [-0.2, -0.15) is 0 Å². The van der Waals surface area contributed by atoms with Gasteiger partial charge in [0.15, 0.2) is 5.01 Å². The maximum absolute atomic E-state index is 4.99. The Kier molecular flexibility index (Phi) is 4.74. The molecule has 0 saturated carbocycles. The maximum atomic E-state index is 4.99. The molecule has 4 nitrogen and oxygen atoms in total. The van der Waals surface area contributed by atoms with Crippen molar-refractivity contribution in [1.82, 2.24) is 15.5 Å². The largest absolute Gasteiger partial charge is 0.383 e. The van der Waals surface area contributed by atoms with Crippen molar-refractivity contribution in [3.05, 3.63) is 22.5 Å². The minimum absolute atomic E-state index is 0.743. The summed E-state index contributed by atoms with van der Waals surface area (Å²) >= 11 is 5.26. The second kappa shape index (κ2) is 6.73. The first-order valence-corrected chi connectivity index (χ1v) is 8.87. The van der Waals surface area contributed by atoms with Crippen LogP contribution in [0, 0.1) is 0 Å². The van der Waals surface area contributed by atoms with Crippen LogP contribution in [0.2, 0.25) is 0 Å². The molecule has 3 heterocycles. The standard InChI is InChI=1S/C13H15N3OS3/c1-17-6-5-14-4-2-12-15-16-13(20-12)11-8-10-9(19-11)3-7-18-10/h3,7-8,14H,2,4-6H2,1H3. The zero-order valence-corrected chi connectivity index (χ0v) is 13.5. The molecule has 3 rings (SSSR count). The average Bonchev–Trinajstić information content (AvgIpc) is 3.12. The number of nitrogens with zero attached hydrogens (tertiary/aromatic N) is 2. The molecule has 0 atom stereocenters. The van der Waals surface area contributed by atoms with Crippen LogP contribution in [0.5, 0.6) is 0 Å². The minimum Gasteiger partial charge on any atom is -0.383 e. The zero-order chi connectivity index (χ0) is 13.8. The van der Waals surface area contributed by atoms with Crippen molar-refractivity contribution in [2.75, 3.05) is 26.8 Å². The number of methoxy groups -OCH3 is 1. The summed E-state index contributed by atoms with van der Waals surface area (Å²) in [6, 6.07) is 4.38. The van der Waals surface area contributed by atoms with Gasteiger partial charge in [-0.25, -0.2) is 0 Å². The maximum Gasteiger partial charge on any atom is 0.157 e. The Hall–Kier alpha value is -0.860. The molecule has 0 spiro atoms. The minimum atomic E-state index is 0.743. The Bertz CT molecular complexity index is 645. The second-order valence-corrected chi connectivity index (χ2v) is 7.35. The fraction of sp³-hybridized carbons (Fsp3) is 0.385. The Labute approximate surface area is 129 Å². The summed E-state index contributed by atoms with van der Waals surface area (Å²) in [5.74, 6) is 0. The van der Waals surface area contributed by atoms with Gasteiger partial charge in [-0.3, -0.25) is 0 Å². The molecule has 3 aromatic heterocycles. The first-order valence-electron chi connectivity index (χ1n) is 6.36. The molecule has 0 bridgehead atoms. The van der Waals surface area contributed by atoms with E-state index < -0.39 is 0 Å². The van der Waals surface area contributed by atoms with E-state index in [1.807, 2.05) is 0 Å². The third kappa shape index (κ3) is 3.24. The van der Waals surface area contributed by atoms with E-state index in [1.54, 1.807) is 41.1 Å². The van der Waals surface area contributed by atoms with Crippen LogP contribution in [0.4, 0.5) is 0 Å². The average molecular weight is 325 g/mol. The first-order chi connectivity index (χ1) is 9.86. The van der Waals surface area contributed by atoms with Gasteiger partial charge in [-0.15, -0.1) is 32.9 Å². The summed E-state index contributed by atoms with van der Waals surface area (Å²) in [6.45, 7) is 2.54. The molecule has 0 saturated heterocycles. The molecule has 3 aromatic rings. The van der Waals surface area contributed by atoms with Gasteiger partial charge < -0.3 is 10.1 Å². The lowest BCUT2D eigenvalue weighted by Gasteiger charge is -2.00. The molecule has 1 N–H and O–H groups in total. The van der Waals surface area contributed by atoms with Gasteiger partial charge in [-0.05, 0) is 17.5 Å². The topological polar surface area (TPSA) is 47.0 Å². The van der Waals surface area contributed by atoms with E-state index in [0.717, 1.165) is 36.1 Å². The monoisotopic (exact) mass is 325 g/mol. The van der Waals surface area contributed by atoms with Crippen molar-refractivity contribution < 1.29 is 4.74 Å². The highest BCUT2D eigenvalue weighted by Gasteiger charge is 2.10. The predicted octanol–water partition coefficient (Wildman–Crippen LogP) is 3.26. The van der Waals surface area contributed by atoms with Crippen LogP contribution in [-0.4, -0.2) is 37.0 Å². The summed E-state index contributed by atoms with van der Waals surface area (Å²) in [6.07, 6.45) is 0.918. The SMILES string of the molecule is COCCNCCc1nnc(-c2cc3sccc3s2)s1. The van der Waals surface area contributed by atoms with Crippen LogP contribution in [0.3, 0.4) is 0 Å². The molecular formula is C13H15N3OS3. The van der Waals surface area contributed by atoms with Gasteiger partial charge >= 0.3 is 0 Å². The lowest BCUT2D eigenvalue weighted by Crippen LogP contribution is -2.21. The van der Waals surface area contributed by atoms with Crippen molar-refractivity contribution in [2.24, 2.45) is 0 Å². The lowest BCUT2D eigenvalue weighted by molar-refractivity contribution is 0.199. The molecule has 0 aliphatic heterocycles. The highest BCUT2D eigenvalue weighted by Crippen LogP contribution is 2.37. The van der Waals surface area contributed by atoms with Gasteiger partial charge in [0.25, 0.3) is 0 Å². The van der Waals surface area contributed by atoms with Crippen molar-refractivity contribution in [1.29, 1.82) is 0 Å².